The normalized spacial score (nSPS) is 16.6. The molecule has 1 aromatic carbocycles. The Morgan fingerprint density at radius 1 is 1.05 bits per heavy atom. The van der Waals surface area contributed by atoms with Crippen molar-refractivity contribution in [3.63, 3.8) is 0 Å². The second-order valence-electron chi connectivity index (χ2n) is 4.11. The number of aliphatic hydroxyl groups is 1. The number of rotatable bonds is 2. The quantitative estimate of drug-likeness (QED) is 0.725. The van der Waals surface area contributed by atoms with Gasteiger partial charge in [0.2, 0.25) is 0 Å². The third-order valence-corrected chi connectivity index (χ3v) is 2.81. The van der Waals surface area contributed by atoms with Crippen LogP contribution in [0.15, 0.2) is 24.3 Å². The summed E-state index contributed by atoms with van der Waals surface area (Å²) in [5.74, 6) is -1.08. The van der Waals surface area contributed by atoms with Crippen LogP contribution in [-0.2, 0) is 0 Å². The van der Waals surface area contributed by atoms with Gasteiger partial charge < -0.3 is 15.3 Å². The lowest BCUT2D eigenvalue weighted by Gasteiger charge is -2.10. The maximum Gasteiger partial charge on any atom is 0.417 e. The number of allylic oxidation sites excluding steroid dienone is 3. The molecule has 1 aliphatic carbocycles. The third kappa shape index (κ3) is 2.44. The highest BCUT2D eigenvalue weighted by molar-refractivity contribution is 5.98. The van der Waals surface area contributed by atoms with Gasteiger partial charge in [-0.05, 0) is 41.3 Å². The molecule has 0 fully saturated rings. The van der Waals surface area contributed by atoms with Gasteiger partial charge in [0.1, 0.15) is 0 Å². The summed E-state index contributed by atoms with van der Waals surface area (Å²) in [4.78, 5) is 0. The summed E-state index contributed by atoms with van der Waals surface area (Å²) in [6, 6.07) is 1.98. The van der Waals surface area contributed by atoms with E-state index in [2.05, 4.69) is 0 Å². The smallest absolute Gasteiger partial charge is 0.417 e. The van der Waals surface area contributed by atoms with Gasteiger partial charge in [0, 0.05) is 6.61 Å². The highest BCUT2D eigenvalue weighted by Gasteiger charge is 2.39. The Labute approximate surface area is 106 Å². The van der Waals surface area contributed by atoms with Gasteiger partial charge in [-0.25, -0.2) is 0 Å². The number of phenolic OH excluding ortho intramolecular Hbond substituents is 2. The molecule has 6 heteroatoms. The maximum absolute atomic E-state index is 12.9. The van der Waals surface area contributed by atoms with E-state index in [0.717, 1.165) is 18.2 Å². The summed E-state index contributed by atoms with van der Waals surface area (Å²) in [6.45, 7) is -0.182. The third-order valence-electron chi connectivity index (χ3n) is 2.81. The molecular formula is C13H11F3O3. The molecule has 0 aliphatic heterocycles. The molecular weight excluding hydrogens is 261 g/mol. The number of benzene rings is 1. The van der Waals surface area contributed by atoms with E-state index in [9.17, 15) is 23.4 Å². The summed E-state index contributed by atoms with van der Waals surface area (Å²) in [7, 11) is 0. The number of aromatic hydroxyl groups is 2. The van der Waals surface area contributed by atoms with Gasteiger partial charge in [-0.3, -0.25) is 0 Å². The number of halogens is 3. The fourth-order valence-electron chi connectivity index (χ4n) is 1.97. The molecule has 0 radical (unpaired) electrons. The number of aliphatic hydroxyl groups excluding tert-OH is 1. The van der Waals surface area contributed by atoms with Crippen molar-refractivity contribution < 1.29 is 28.5 Å². The number of alkyl halides is 3. The van der Waals surface area contributed by atoms with Crippen LogP contribution in [0.25, 0.3) is 11.1 Å². The van der Waals surface area contributed by atoms with Gasteiger partial charge in [0.05, 0.1) is 5.57 Å². The van der Waals surface area contributed by atoms with Gasteiger partial charge in [0.25, 0.3) is 0 Å². The highest BCUT2D eigenvalue weighted by Crippen LogP contribution is 2.47. The zero-order chi connectivity index (χ0) is 14.2. The molecule has 0 aromatic heterocycles. The van der Waals surface area contributed by atoms with Gasteiger partial charge in [-0.2, -0.15) is 13.2 Å². The van der Waals surface area contributed by atoms with Crippen LogP contribution in [0.5, 0.6) is 11.5 Å². The van der Waals surface area contributed by atoms with Crippen LogP contribution < -0.4 is 0 Å². The molecule has 2 rings (SSSR count). The van der Waals surface area contributed by atoms with Gasteiger partial charge in [-0.15, -0.1) is 0 Å². The van der Waals surface area contributed by atoms with Crippen LogP contribution in [0.2, 0.25) is 0 Å². The van der Waals surface area contributed by atoms with E-state index in [4.69, 9.17) is 5.11 Å². The predicted octanol–water partition coefficient (Wildman–Crippen LogP) is 2.82. The van der Waals surface area contributed by atoms with Gasteiger partial charge in [-0.1, -0.05) is 6.08 Å². The SMILES string of the molecule is OCC/C=C1\C=C(C(F)(F)F)c2cc(O)c(O)cc21. The lowest BCUT2D eigenvalue weighted by Crippen LogP contribution is -2.09. The van der Waals surface area contributed by atoms with Crippen molar-refractivity contribution in [2.45, 2.75) is 12.6 Å². The Hall–Kier alpha value is -1.95. The monoisotopic (exact) mass is 272 g/mol. The van der Waals surface area contributed by atoms with Crippen molar-refractivity contribution in [2.75, 3.05) is 6.61 Å². The minimum absolute atomic E-state index is 0.174. The molecule has 0 bridgehead atoms. The van der Waals surface area contributed by atoms with Crippen molar-refractivity contribution in [3.05, 3.63) is 35.4 Å². The summed E-state index contributed by atoms with van der Waals surface area (Å²) in [5.41, 5.74) is -0.586. The van der Waals surface area contributed by atoms with Crippen molar-refractivity contribution in [3.8, 4) is 11.5 Å². The van der Waals surface area contributed by atoms with E-state index in [0.29, 0.717) is 0 Å². The lowest BCUT2D eigenvalue weighted by atomic mass is 10.0. The van der Waals surface area contributed by atoms with E-state index in [-0.39, 0.29) is 29.7 Å². The second kappa shape index (κ2) is 4.62. The van der Waals surface area contributed by atoms with E-state index in [1.807, 2.05) is 0 Å². The highest BCUT2D eigenvalue weighted by atomic mass is 19.4. The number of phenols is 2. The molecule has 3 N–H and O–H groups in total. The molecule has 1 aliphatic rings. The van der Waals surface area contributed by atoms with E-state index in [1.165, 1.54) is 6.08 Å². The van der Waals surface area contributed by atoms with Gasteiger partial charge in [0.15, 0.2) is 11.5 Å². The number of hydrogen-bond donors (Lipinski definition) is 3. The molecule has 0 spiro atoms. The molecule has 102 valence electrons. The lowest BCUT2D eigenvalue weighted by molar-refractivity contribution is -0.0687. The predicted molar refractivity (Wildman–Crippen MR) is 63.5 cm³/mol. The first kappa shape index (κ1) is 13.5. The van der Waals surface area contributed by atoms with Crippen molar-refractivity contribution in [2.24, 2.45) is 0 Å². The van der Waals surface area contributed by atoms with Crippen LogP contribution in [-0.4, -0.2) is 28.1 Å². The Morgan fingerprint density at radius 3 is 2.16 bits per heavy atom. The van der Waals surface area contributed by atoms with Crippen LogP contribution in [0.1, 0.15) is 17.5 Å². The molecule has 0 unspecified atom stereocenters. The minimum Gasteiger partial charge on any atom is -0.504 e. The Bertz CT molecular complexity index is 571. The van der Waals surface area contributed by atoms with Crippen molar-refractivity contribution >= 4 is 11.1 Å². The molecule has 0 heterocycles. The molecule has 0 amide bonds. The summed E-state index contributed by atoms with van der Waals surface area (Å²) in [5, 5.41) is 27.4. The second-order valence-corrected chi connectivity index (χ2v) is 4.11. The maximum atomic E-state index is 12.9. The Balaban J connectivity index is 2.60. The van der Waals surface area contributed by atoms with Crippen LogP contribution in [0.4, 0.5) is 13.2 Å². The molecule has 0 atom stereocenters. The van der Waals surface area contributed by atoms with Crippen molar-refractivity contribution in [1.82, 2.24) is 0 Å². The Morgan fingerprint density at radius 2 is 1.63 bits per heavy atom. The van der Waals surface area contributed by atoms with Crippen LogP contribution >= 0.6 is 0 Å². The Kier molecular flexibility index (Phi) is 3.28. The summed E-state index contributed by atoms with van der Waals surface area (Å²) >= 11 is 0. The molecule has 0 saturated heterocycles. The van der Waals surface area contributed by atoms with E-state index in [1.54, 1.807) is 0 Å². The van der Waals surface area contributed by atoms with E-state index >= 15 is 0 Å². The van der Waals surface area contributed by atoms with Crippen LogP contribution in [0, 0.1) is 0 Å². The zero-order valence-electron chi connectivity index (χ0n) is 9.70. The fourth-order valence-corrected chi connectivity index (χ4v) is 1.97. The van der Waals surface area contributed by atoms with Crippen LogP contribution in [0.3, 0.4) is 0 Å². The first-order valence-electron chi connectivity index (χ1n) is 5.51. The van der Waals surface area contributed by atoms with E-state index < -0.39 is 23.2 Å². The first-order chi connectivity index (χ1) is 8.84. The molecule has 0 saturated carbocycles. The fraction of sp³-hybridized carbons (Fsp3) is 0.231. The number of fused-ring (bicyclic) bond motifs is 1. The number of hydrogen-bond acceptors (Lipinski definition) is 3. The summed E-state index contributed by atoms with van der Waals surface area (Å²) in [6.07, 6.45) is -1.95. The standard InChI is InChI=1S/C13H11F3O3/c14-13(15,16)10-4-7(2-1-3-17)8-5-11(18)12(19)6-9(8)10/h2,4-6,17-19H,1,3H2/b7-2+. The minimum atomic E-state index is -4.55. The average Bonchev–Trinajstić information content (AvgIpc) is 2.65. The topological polar surface area (TPSA) is 60.7 Å². The molecule has 3 nitrogen and oxygen atoms in total. The average molecular weight is 272 g/mol. The van der Waals surface area contributed by atoms with Crippen molar-refractivity contribution in [1.29, 1.82) is 0 Å². The zero-order valence-corrected chi connectivity index (χ0v) is 9.70. The largest absolute Gasteiger partial charge is 0.504 e. The summed E-state index contributed by atoms with van der Waals surface area (Å²) < 4.78 is 38.6. The molecule has 19 heavy (non-hydrogen) atoms. The van der Waals surface area contributed by atoms with Gasteiger partial charge >= 0.3 is 6.18 Å². The first-order valence-corrected chi connectivity index (χ1v) is 5.51. The molecule has 1 aromatic rings.